The van der Waals surface area contributed by atoms with Crippen molar-refractivity contribution in [1.29, 1.82) is 0 Å². The molecule has 432 valence electrons. The van der Waals surface area contributed by atoms with Gasteiger partial charge in [0.1, 0.15) is 146 Å². The van der Waals surface area contributed by atoms with E-state index in [1.165, 1.54) is 0 Å². The molecule has 32 nitrogen and oxygen atoms in total. The summed E-state index contributed by atoms with van der Waals surface area (Å²) in [6, 6.07) is 0. The van der Waals surface area contributed by atoms with Gasteiger partial charge in [-0.3, -0.25) is 0 Å². The second kappa shape index (κ2) is 26.1. The number of rotatable bonds is 12. The van der Waals surface area contributed by atoms with Crippen molar-refractivity contribution in [1.82, 2.24) is 9.55 Å². The molecule has 0 spiro atoms. The van der Waals surface area contributed by atoms with Gasteiger partial charge in [0.15, 0.2) is 37.7 Å². The first-order valence-corrected chi connectivity index (χ1v) is 24.6. The SMILES string of the molecule is OC[C@H]1O[C@@H]2O[C@H]3[C@H](O)[C@@H](O)[C@@H](O[C@H]4[C@H](O)[C@@H](O)[C@@H](O[C@H]5[C@H](O)[C@@H](O)[C@@H](O[C@H]6[C@H](O)[C@@H](O)[C@@H](O[C@H]7[C@H](O)[C@@H](O)[C@@H](O[C@@H]1[C@H](OCCCCn1ccnc1)[C@H]2O)O[C@@H]7CO)O[C@@H]6CO)O[C@@H]5CO)O[C@@H]4CO)O[C@@H]3CO. The van der Waals surface area contributed by atoms with E-state index in [2.05, 4.69) is 4.98 Å². The van der Waals surface area contributed by atoms with Gasteiger partial charge in [0, 0.05) is 25.5 Å². The maximum atomic E-state index is 11.9. The first kappa shape index (κ1) is 59.1. The minimum Gasteiger partial charge on any atom is -0.394 e. The van der Waals surface area contributed by atoms with E-state index >= 15 is 0 Å². The molecule has 0 unspecified atom stereocenters. The maximum absolute atomic E-state index is 11.9. The number of imidazole rings is 1. The second-order valence-electron chi connectivity index (χ2n) is 19.2. The Kier molecular flexibility index (Phi) is 20.6. The van der Waals surface area contributed by atoms with Crippen LogP contribution in [0.1, 0.15) is 12.8 Å². The summed E-state index contributed by atoms with van der Waals surface area (Å²) in [4.78, 5) is 4.00. The third-order valence-electron chi connectivity index (χ3n) is 14.3. The van der Waals surface area contributed by atoms with Crippen LogP contribution in [-0.2, 0) is 68.1 Å². The molecule has 12 bridgehead atoms. The molecule has 32 heteroatoms. The first-order valence-electron chi connectivity index (χ1n) is 24.6. The van der Waals surface area contributed by atoms with E-state index < -0.39 is 224 Å². The van der Waals surface area contributed by atoms with Gasteiger partial charge < -0.3 is 153 Å². The van der Waals surface area contributed by atoms with Crippen molar-refractivity contribution >= 4 is 0 Å². The number of aryl methyl sites for hydroxylation is 1. The highest BCUT2D eigenvalue weighted by Crippen LogP contribution is 2.38. The standard InChI is InChI=1S/C43H70N2O30/c46-7-14-31-20(52)25(57)38(64-14)71-32-15(8-47)66-40(27(59)22(32)54)73-34-17(10-49)68-42(29(61)24(34)56)75-36-19(12-51)69-43(30(62)37(36)63-6-2-1-4-45-5-3-44-13-45)74-35-18(11-50)67-41(28(60)23(35)55)72-33-16(9-48)65-39(70-31)26(58)21(33)53/h3,5,13-43,46-62H,1-2,4,6-12H2/t14-,15-,16-,17-,18-,19-,20-,21-,22-,23-,24-,25-,26-,27-,28-,29-,30-,31-,32-,33-,34-,35-,36+,37-,38-,39-,40-,41-,42-,43-/m1/s1. The molecule has 22 fully saturated rings. The maximum Gasteiger partial charge on any atom is 0.187 e. The zero-order valence-corrected chi connectivity index (χ0v) is 39.9. The Morgan fingerprint density at radius 2 is 0.627 bits per heavy atom. The Labute approximate surface area is 426 Å². The number of hydrogen-bond donors (Lipinski definition) is 17. The van der Waals surface area contributed by atoms with Crippen molar-refractivity contribution in [2.45, 2.75) is 204 Å². The molecule has 23 heterocycles. The fourth-order valence-electron chi connectivity index (χ4n) is 10.1. The van der Waals surface area contributed by atoms with Gasteiger partial charge in [-0.05, 0) is 12.8 Å². The van der Waals surface area contributed by atoms with Crippen molar-refractivity contribution in [2.24, 2.45) is 0 Å². The molecule has 75 heavy (non-hydrogen) atoms. The number of aliphatic hydroxyl groups excluding tert-OH is 17. The smallest absolute Gasteiger partial charge is 0.187 e. The first-order chi connectivity index (χ1) is 36.0. The number of nitrogens with zero attached hydrogens (tertiary/aromatic N) is 2. The van der Waals surface area contributed by atoms with Crippen LogP contribution in [0.3, 0.4) is 0 Å². The summed E-state index contributed by atoms with van der Waals surface area (Å²) < 4.78 is 77.8. The van der Waals surface area contributed by atoms with Crippen LogP contribution in [0.25, 0.3) is 0 Å². The summed E-state index contributed by atoms with van der Waals surface area (Å²) in [7, 11) is 0. The molecule has 0 aromatic carbocycles. The van der Waals surface area contributed by atoms with Crippen molar-refractivity contribution in [3.05, 3.63) is 18.7 Å². The number of unbranched alkanes of at least 4 members (excludes halogenated alkanes) is 1. The Bertz CT molecular complexity index is 1860. The minimum atomic E-state index is -2.15. The van der Waals surface area contributed by atoms with Crippen LogP contribution in [0.15, 0.2) is 18.7 Å². The van der Waals surface area contributed by atoms with E-state index in [0.717, 1.165) is 0 Å². The van der Waals surface area contributed by atoms with E-state index in [1.54, 1.807) is 23.3 Å². The van der Waals surface area contributed by atoms with Crippen LogP contribution in [0.5, 0.6) is 0 Å². The fraction of sp³-hybridized carbons (Fsp3) is 0.930. The van der Waals surface area contributed by atoms with E-state index in [4.69, 9.17) is 61.6 Å². The van der Waals surface area contributed by atoms with Crippen LogP contribution >= 0.6 is 0 Å². The molecule has 30 atom stereocenters. The Balaban J connectivity index is 1.10. The van der Waals surface area contributed by atoms with Crippen molar-refractivity contribution in [3.63, 3.8) is 0 Å². The second-order valence-corrected chi connectivity index (χ2v) is 19.2. The van der Waals surface area contributed by atoms with Gasteiger partial charge >= 0.3 is 0 Å². The number of aliphatic hydroxyl groups is 17. The number of ether oxygens (including phenoxy) is 13. The highest BCUT2D eigenvalue weighted by atomic mass is 16.8. The monoisotopic (exact) mass is 1090 g/mol. The normalized spacial score (nSPS) is 50.1. The van der Waals surface area contributed by atoms with Crippen LogP contribution in [0.4, 0.5) is 0 Å². The molecule has 0 amide bonds. The number of aromatic nitrogens is 2. The highest BCUT2D eigenvalue weighted by molar-refractivity contribution is 5.01. The van der Waals surface area contributed by atoms with E-state index in [1.807, 2.05) is 0 Å². The van der Waals surface area contributed by atoms with Gasteiger partial charge in [0.2, 0.25) is 0 Å². The summed E-state index contributed by atoms with van der Waals surface area (Å²) in [6.45, 7) is -5.44. The predicted molar refractivity (Wildman–Crippen MR) is 231 cm³/mol. The molecule has 17 N–H and O–H groups in total. The lowest BCUT2D eigenvalue weighted by Crippen LogP contribution is -2.69. The summed E-state index contributed by atoms with van der Waals surface area (Å²) in [6.07, 6.45) is -51.3. The lowest BCUT2D eigenvalue weighted by molar-refractivity contribution is -0.404. The molecule has 23 rings (SSSR count). The van der Waals surface area contributed by atoms with E-state index in [9.17, 15) is 86.8 Å². The van der Waals surface area contributed by atoms with Gasteiger partial charge in [-0.1, -0.05) is 0 Å². The molecule has 0 aliphatic carbocycles. The van der Waals surface area contributed by atoms with Gasteiger partial charge in [-0.2, -0.15) is 0 Å². The van der Waals surface area contributed by atoms with Gasteiger partial charge in [-0.25, -0.2) is 4.98 Å². The molecule has 22 saturated heterocycles. The van der Waals surface area contributed by atoms with Gasteiger partial charge in [0.25, 0.3) is 0 Å². The van der Waals surface area contributed by atoms with Crippen molar-refractivity contribution in [2.75, 3.05) is 46.2 Å². The van der Waals surface area contributed by atoms with Crippen LogP contribution in [-0.4, -0.2) is 327 Å². The summed E-state index contributed by atoms with van der Waals surface area (Å²) in [5.74, 6) is 0. The number of hydrogen-bond acceptors (Lipinski definition) is 31. The van der Waals surface area contributed by atoms with Crippen molar-refractivity contribution in [3.8, 4) is 0 Å². The molecular weight excluding hydrogens is 1020 g/mol. The molecule has 22 aliphatic heterocycles. The Morgan fingerprint density at radius 3 is 0.907 bits per heavy atom. The third kappa shape index (κ3) is 12.4. The zero-order valence-electron chi connectivity index (χ0n) is 39.9. The average Bonchev–Trinajstić information content (AvgIpc) is 3.94. The average molecular weight is 1100 g/mol. The van der Waals surface area contributed by atoms with Crippen LogP contribution < -0.4 is 0 Å². The largest absolute Gasteiger partial charge is 0.394 e. The van der Waals surface area contributed by atoms with E-state index in [-0.39, 0.29) is 6.61 Å². The molecular formula is C43H70N2O30. The van der Waals surface area contributed by atoms with Gasteiger partial charge in [0.05, 0.1) is 46.0 Å². The fourth-order valence-corrected chi connectivity index (χ4v) is 10.1. The van der Waals surface area contributed by atoms with Gasteiger partial charge in [-0.15, -0.1) is 0 Å². The zero-order chi connectivity index (χ0) is 54.0. The predicted octanol–water partition coefficient (Wildman–Crippen LogP) is -11.4. The van der Waals surface area contributed by atoms with Crippen LogP contribution in [0, 0.1) is 0 Å². The minimum absolute atomic E-state index is 0.0946. The quantitative estimate of drug-likeness (QED) is 0.0864. The summed E-state index contributed by atoms with van der Waals surface area (Å²) in [5.41, 5.74) is 0. The molecule has 22 aliphatic rings. The molecule has 0 saturated carbocycles. The Hall–Kier alpha value is -1.99. The van der Waals surface area contributed by atoms with Crippen molar-refractivity contribution < 1.29 is 148 Å². The Morgan fingerprint density at radius 1 is 0.347 bits per heavy atom. The topological polar surface area (TPSA) is 482 Å². The molecule has 1 aromatic rings. The van der Waals surface area contributed by atoms with E-state index in [0.29, 0.717) is 19.4 Å². The van der Waals surface area contributed by atoms with Crippen LogP contribution in [0.2, 0.25) is 0 Å². The lowest BCUT2D eigenvalue weighted by Gasteiger charge is -2.51. The molecule has 0 radical (unpaired) electrons. The summed E-state index contributed by atoms with van der Waals surface area (Å²) in [5, 5.41) is 188. The molecule has 1 aromatic heterocycles. The third-order valence-corrected chi connectivity index (χ3v) is 14.3. The summed E-state index contributed by atoms with van der Waals surface area (Å²) >= 11 is 0. The lowest BCUT2D eigenvalue weighted by atomic mass is 9.94. The highest BCUT2D eigenvalue weighted by Gasteiger charge is 2.59.